The molecule has 0 fully saturated rings. The second kappa shape index (κ2) is 5.71. The Balaban J connectivity index is 0.000000640. The van der Waals surface area contributed by atoms with Gasteiger partial charge in [-0.05, 0) is 5.56 Å². The SMILES string of the molecule is SCc1ccccc1.[Ce]. The number of hydrogen-bond acceptors (Lipinski definition) is 1. The molecular weight excluding hydrogens is 256 g/mol. The van der Waals surface area contributed by atoms with Gasteiger partial charge in [-0.15, -0.1) is 0 Å². The molecule has 46 valence electrons. The molecule has 2 heteroatoms. The van der Waals surface area contributed by atoms with E-state index in [2.05, 4.69) is 24.8 Å². The number of rotatable bonds is 1. The molecular formula is C7H8CeS. The van der Waals surface area contributed by atoms with Crippen LogP contribution in [0.3, 0.4) is 0 Å². The van der Waals surface area contributed by atoms with Crippen molar-refractivity contribution < 1.29 is 41.7 Å². The Kier molecular flexibility index (Phi) is 6.31. The molecule has 0 heterocycles. The Bertz CT molecular complexity index is 150. The third-order valence-electron chi connectivity index (χ3n) is 1.03. The largest absolute Gasteiger partial charge is 0.175 e. The van der Waals surface area contributed by atoms with E-state index in [4.69, 9.17) is 0 Å². The van der Waals surface area contributed by atoms with Crippen molar-refractivity contribution in [3.05, 3.63) is 35.9 Å². The molecule has 0 unspecified atom stereocenters. The van der Waals surface area contributed by atoms with Gasteiger partial charge in [0, 0.05) is 47.5 Å². The molecule has 0 nitrogen and oxygen atoms in total. The first kappa shape index (κ1) is 9.95. The molecule has 1 aromatic rings. The zero-order chi connectivity index (χ0) is 5.82. The van der Waals surface area contributed by atoms with Crippen LogP contribution in [0.1, 0.15) is 5.56 Å². The van der Waals surface area contributed by atoms with Gasteiger partial charge in [-0.3, -0.25) is 0 Å². The van der Waals surface area contributed by atoms with E-state index in [1.165, 1.54) is 5.56 Å². The second-order valence-corrected chi connectivity index (χ2v) is 1.96. The van der Waals surface area contributed by atoms with Crippen LogP contribution in [0.25, 0.3) is 0 Å². The zero-order valence-electron chi connectivity index (χ0n) is 5.04. The first-order valence-corrected chi connectivity index (χ1v) is 3.21. The third-order valence-corrected chi connectivity index (χ3v) is 1.39. The van der Waals surface area contributed by atoms with Gasteiger partial charge in [0.15, 0.2) is 0 Å². The third kappa shape index (κ3) is 3.60. The van der Waals surface area contributed by atoms with E-state index in [0.717, 1.165) is 5.75 Å². The van der Waals surface area contributed by atoms with Crippen LogP contribution in [0.5, 0.6) is 0 Å². The van der Waals surface area contributed by atoms with Gasteiger partial charge in [0.25, 0.3) is 0 Å². The van der Waals surface area contributed by atoms with Crippen LogP contribution in [0.2, 0.25) is 0 Å². The van der Waals surface area contributed by atoms with Crippen LogP contribution >= 0.6 is 12.6 Å². The van der Waals surface area contributed by atoms with Crippen LogP contribution in [-0.2, 0) is 5.75 Å². The summed E-state index contributed by atoms with van der Waals surface area (Å²) in [7, 11) is 0. The quantitative estimate of drug-likeness (QED) is 0.738. The molecule has 0 aromatic heterocycles. The Morgan fingerprint density at radius 3 is 2.00 bits per heavy atom. The molecule has 0 saturated carbocycles. The van der Waals surface area contributed by atoms with E-state index in [-0.39, 0.29) is 41.7 Å². The van der Waals surface area contributed by atoms with Gasteiger partial charge < -0.3 is 0 Å². The van der Waals surface area contributed by atoms with Crippen LogP contribution < -0.4 is 0 Å². The van der Waals surface area contributed by atoms with Gasteiger partial charge in [0.05, 0.1) is 0 Å². The first-order valence-electron chi connectivity index (χ1n) is 2.58. The second-order valence-electron chi connectivity index (χ2n) is 1.64. The molecule has 0 aliphatic rings. The summed E-state index contributed by atoms with van der Waals surface area (Å²) < 4.78 is 0. The van der Waals surface area contributed by atoms with Gasteiger partial charge in [0.1, 0.15) is 0 Å². The van der Waals surface area contributed by atoms with E-state index in [0.29, 0.717) is 0 Å². The molecule has 0 radical (unpaired) electrons. The van der Waals surface area contributed by atoms with Crippen molar-refractivity contribution in [2.45, 2.75) is 5.75 Å². The number of hydrogen-bond donors (Lipinski definition) is 1. The molecule has 0 spiro atoms. The zero-order valence-corrected chi connectivity index (χ0v) is 9.08. The minimum Gasteiger partial charge on any atom is -0.175 e. The van der Waals surface area contributed by atoms with Crippen LogP contribution in [-0.4, -0.2) is 0 Å². The van der Waals surface area contributed by atoms with E-state index in [9.17, 15) is 0 Å². The Hall–Kier alpha value is 0.947. The van der Waals surface area contributed by atoms with Crippen LogP contribution in [0.4, 0.5) is 0 Å². The monoisotopic (exact) mass is 264 g/mol. The maximum Gasteiger partial charge on any atom is 0.0154 e. The van der Waals surface area contributed by atoms with Gasteiger partial charge in [-0.1, -0.05) is 30.3 Å². The number of thiol groups is 1. The van der Waals surface area contributed by atoms with Gasteiger partial charge >= 0.3 is 0 Å². The minimum absolute atomic E-state index is 0. The summed E-state index contributed by atoms with van der Waals surface area (Å²) in [6.07, 6.45) is 0. The fourth-order valence-corrected chi connectivity index (χ4v) is 0.794. The Morgan fingerprint density at radius 2 is 1.67 bits per heavy atom. The van der Waals surface area contributed by atoms with Crippen LogP contribution in [0.15, 0.2) is 30.3 Å². The van der Waals surface area contributed by atoms with E-state index in [1.54, 1.807) is 0 Å². The molecule has 0 N–H and O–H groups in total. The molecule has 0 bridgehead atoms. The van der Waals surface area contributed by atoms with Crippen molar-refractivity contribution in [3.8, 4) is 0 Å². The minimum atomic E-state index is 0. The fraction of sp³-hybridized carbons (Fsp3) is 0.143. The predicted molar refractivity (Wildman–Crippen MR) is 39.1 cm³/mol. The predicted octanol–water partition coefficient (Wildman–Crippen LogP) is 2.12. The smallest absolute Gasteiger partial charge is 0.0154 e. The average molecular weight is 264 g/mol. The molecule has 1 rings (SSSR count). The molecule has 9 heavy (non-hydrogen) atoms. The standard InChI is InChI=1S/C7H8S.Ce/c8-6-7-4-2-1-3-5-7;/h1-5,8H,6H2;. The molecule has 0 atom stereocenters. The van der Waals surface area contributed by atoms with E-state index in [1.807, 2.05) is 18.2 Å². The maximum atomic E-state index is 4.11. The Labute approximate surface area is 94.8 Å². The van der Waals surface area contributed by atoms with Gasteiger partial charge in [-0.25, -0.2) is 0 Å². The Morgan fingerprint density at radius 1 is 1.11 bits per heavy atom. The maximum absolute atomic E-state index is 4.11. The van der Waals surface area contributed by atoms with Crippen molar-refractivity contribution in [2.24, 2.45) is 0 Å². The molecule has 0 aliphatic heterocycles. The summed E-state index contributed by atoms with van der Waals surface area (Å²) in [5.74, 6) is 0.834. The number of benzene rings is 1. The van der Waals surface area contributed by atoms with Crippen LogP contribution in [0, 0.1) is 41.7 Å². The van der Waals surface area contributed by atoms with Gasteiger partial charge in [-0.2, -0.15) is 12.6 Å². The summed E-state index contributed by atoms with van der Waals surface area (Å²) in [5.41, 5.74) is 1.27. The summed E-state index contributed by atoms with van der Waals surface area (Å²) in [4.78, 5) is 0. The molecule has 0 aliphatic carbocycles. The first-order chi connectivity index (χ1) is 3.93. The van der Waals surface area contributed by atoms with Gasteiger partial charge in [0.2, 0.25) is 0 Å². The summed E-state index contributed by atoms with van der Waals surface area (Å²) in [6.45, 7) is 0. The average Bonchev–Trinajstić information content (AvgIpc) is 1.90. The normalized spacial score (nSPS) is 8.11. The fourth-order valence-electron chi connectivity index (χ4n) is 0.583. The van der Waals surface area contributed by atoms with Crippen molar-refractivity contribution in [3.63, 3.8) is 0 Å². The summed E-state index contributed by atoms with van der Waals surface area (Å²) in [6, 6.07) is 10.2. The molecule has 0 amide bonds. The summed E-state index contributed by atoms with van der Waals surface area (Å²) >= 11 is 4.11. The van der Waals surface area contributed by atoms with E-state index < -0.39 is 0 Å². The topological polar surface area (TPSA) is 0 Å². The van der Waals surface area contributed by atoms with Crippen molar-refractivity contribution in [2.75, 3.05) is 0 Å². The van der Waals surface area contributed by atoms with E-state index >= 15 is 0 Å². The van der Waals surface area contributed by atoms with Crippen molar-refractivity contribution in [1.82, 2.24) is 0 Å². The molecule has 0 saturated heterocycles. The van der Waals surface area contributed by atoms with Crippen molar-refractivity contribution >= 4 is 12.6 Å². The summed E-state index contributed by atoms with van der Waals surface area (Å²) in [5, 5.41) is 0. The molecule has 1 aromatic carbocycles. The van der Waals surface area contributed by atoms with Crippen molar-refractivity contribution in [1.29, 1.82) is 0 Å².